The van der Waals surface area contributed by atoms with Gasteiger partial charge in [-0.1, -0.05) is 12.8 Å². The second-order valence-corrected chi connectivity index (χ2v) is 9.14. The van der Waals surface area contributed by atoms with E-state index < -0.39 is 9.84 Å². The van der Waals surface area contributed by atoms with Gasteiger partial charge in [0, 0.05) is 19.1 Å². The summed E-state index contributed by atoms with van der Waals surface area (Å²) in [5, 5.41) is 6.98. The highest BCUT2D eigenvalue weighted by Gasteiger charge is 2.28. The fraction of sp³-hybridized carbons (Fsp3) is 0.933. The van der Waals surface area contributed by atoms with Crippen LogP contribution in [0, 0.1) is 11.8 Å². The lowest BCUT2D eigenvalue weighted by atomic mass is 10.1. The zero-order valence-electron chi connectivity index (χ0n) is 13.1. The van der Waals surface area contributed by atoms with Crippen LogP contribution in [-0.2, 0) is 9.84 Å². The summed E-state index contributed by atoms with van der Waals surface area (Å²) in [6.45, 7) is 1.63. The summed E-state index contributed by atoms with van der Waals surface area (Å²) < 4.78 is 23.0. The van der Waals surface area contributed by atoms with E-state index in [1.54, 1.807) is 0 Å². The van der Waals surface area contributed by atoms with Crippen molar-refractivity contribution in [3.8, 4) is 0 Å². The SMILES string of the molecule is I.O=S1(=O)CCC(CN=C(NCC2CC2)NC2CCCC2)C1. The molecular weight excluding hydrogens is 413 g/mol. The Hall–Kier alpha value is -0.0500. The van der Waals surface area contributed by atoms with Crippen LogP contribution in [0.4, 0.5) is 0 Å². The van der Waals surface area contributed by atoms with E-state index in [1.165, 1.54) is 38.5 Å². The Balaban J connectivity index is 0.00000176. The number of sulfone groups is 1. The Morgan fingerprint density at radius 3 is 2.36 bits per heavy atom. The first-order chi connectivity index (χ1) is 10.1. The van der Waals surface area contributed by atoms with Gasteiger partial charge in [-0.25, -0.2) is 8.42 Å². The van der Waals surface area contributed by atoms with Crippen LogP contribution in [0.15, 0.2) is 4.99 Å². The topological polar surface area (TPSA) is 70.6 Å². The van der Waals surface area contributed by atoms with Crippen molar-refractivity contribution in [1.29, 1.82) is 0 Å². The highest BCUT2D eigenvalue weighted by Crippen LogP contribution is 2.27. The molecule has 0 spiro atoms. The third-order valence-electron chi connectivity index (χ3n) is 4.79. The van der Waals surface area contributed by atoms with E-state index in [-0.39, 0.29) is 29.9 Å². The average molecular weight is 441 g/mol. The quantitative estimate of drug-likeness (QED) is 0.389. The van der Waals surface area contributed by atoms with Crippen LogP contribution in [0.1, 0.15) is 44.9 Å². The van der Waals surface area contributed by atoms with Gasteiger partial charge in [0.15, 0.2) is 15.8 Å². The molecule has 3 fully saturated rings. The summed E-state index contributed by atoms with van der Waals surface area (Å²) in [7, 11) is -2.79. The molecule has 2 saturated carbocycles. The van der Waals surface area contributed by atoms with Crippen molar-refractivity contribution < 1.29 is 8.42 Å². The van der Waals surface area contributed by atoms with Gasteiger partial charge >= 0.3 is 0 Å². The lowest BCUT2D eigenvalue weighted by molar-refractivity contribution is 0.579. The van der Waals surface area contributed by atoms with Crippen LogP contribution in [0.3, 0.4) is 0 Å². The fourth-order valence-electron chi connectivity index (χ4n) is 3.22. The Morgan fingerprint density at radius 2 is 1.77 bits per heavy atom. The van der Waals surface area contributed by atoms with Crippen LogP contribution in [-0.4, -0.2) is 45.0 Å². The maximum atomic E-state index is 11.5. The normalized spacial score (nSPS) is 28.4. The number of rotatable bonds is 5. The first kappa shape index (κ1) is 18.3. The molecule has 22 heavy (non-hydrogen) atoms. The molecule has 0 aromatic heterocycles. The molecule has 0 bridgehead atoms. The second kappa shape index (κ2) is 8.17. The van der Waals surface area contributed by atoms with Crippen LogP contribution >= 0.6 is 24.0 Å². The van der Waals surface area contributed by atoms with Gasteiger partial charge in [-0.2, -0.15) is 0 Å². The molecule has 0 amide bonds. The van der Waals surface area contributed by atoms with Crippen molar-refractivity contribution in [2.45, 2.75) is 51.0 Å². The minimum Gasteiger partial charge on any atom is -0.356 e. The van der Waals surface area contributed by atoms with Gasteiger partial charge in [0.05, 0.1) is 11.5 Å². The zero-order chi connectivity index (χ0) is 14.7. The molecule has 3 rings (SSSR count). The summed E-state index contributed by atoms with van der Waals surface area (Å²) in [5.41, 5.74) is 0. The van der Waals surface area contributed by atoms with Crippen molar-refractivity contribution in [1.82, 2.24) is 10.6 Å². The van der Waals surface area contributed by atoms with Crippen LogP contribution in [0.25, 0.3) is 0 Å². The lowest BCUT2D eigenvalue weighted by Crippen LogP contribution is -2.43. The van der Waals surface area contributed by atoms with Gasteiger partial charge in [-0.15, -0.1) is 24.0 Å². The van der Waals surface area contributed by atoms with Gasteiger partial charge in [-0.3, -0.25) is 4.99 Å². The maximum absolute atomic E-state index is 11.5. The molecule has 0 aromatic rings. The lowest BCUT2D eigenvalue weighted by Gasteiger charge is -2.18. The van der Waals surface area contributed by atoms with Crippen molar-refractivity contribution in [3.63, 3.8) is 0 Å². The van der Waals surface area contributed by atoms with E-state index in [4.69, 9.17) is 0 Å². The van der Waals surface area contributed by atoms with Gasteiger partial charge in [0.25, 0.3) is 0 Å². The third-order valence-corrected chi connectivity index (χ3v) is 6.62. The van der Waals surface area contributed by atoms with E-state index in [0.29, 0.717) is 24.1 Å². The largest absolute Gasteiger partial charge is 0.356 e. The summed E-state index contributed by atoms with van der Waals surface area (Å²) in [6.07, 6.45) is 8.47. The van der Waals surface area contributed by atoms with Gasteiger partial charge in [0.2, 0.25) is 0 Å². The summed E-state index contributed by atoms with van der Waals surface area (Å²) in [5.74, 6) is 2.58. The molecule has 3 aliphatic rings. The average Bonchev–Trinajstić information content (AvgIpc) is 3.01. The molecule has 1 unspecified atom stereocenters. The third kappa shape index (κ3) is 5.86. The molecule has 7 heteroatoms. The Bertz CT molecular complexity index is 485. The zero-order valence-corrected chi connectivity index (χ0v) is 16.2. The van der Waals surface area contributed by atoms with Crippen LogP contribution in [0.2, 0.25) is 0 Å². The van der Waals surface area contributed by atoms with Crippen LogP contribution < -0.4 is 10.6 Å². The maximum Gasteiger partial charge on any atom is 0.191 e. The molecule has 5 nitrogen and oxygen atoms in total. The first-order valence-corrected chi connectivity index (χ1v) is 10.2. The van der Waals surface area contributed by atoms with Crippen molar-refractivity contribution >= 4 is 39.8 Å². The molecule has 1 atom stereocenters. The number of hydrogen-bond acceptors (Lipinski definition) is 3. The number of hydrogen-bond donors (Lipinski definition) is 2. The molecule has 1 heterocycles. The van der Waals surface area contributed by atoms with Gasteiger partial charge in [-0.05, 0) is 43.9 Å². The van der Waals surface area contributed by atoms with E-state index in [1.807, 2.05) is 0 Å². The van der Waals surface area contributed by atoms with Gasteiger partial charge in [0.1, 0.15) is 0 Å². The Morgan fingerprint density at radius 1 is 1.05 bits per heavy atom. The predicted octanol–water partition coefficient (Wildman–Crippen LogP) is 1.93. The van der Waals surface area contributed by atoms with Crippen molar-refractivity contribution in [2.24, 2.45) is 16.8 Å². The van der Waals surface area contributed by atoms with Gasteiger partial charge < -0.3 is 10.6 Å². The van der Waals surface area contributed by atoms with Crippen molar-refractivity contribution in [3.05, 3.63) is 0 Å². The standard InChI is InChI=1S/C15H27N3O2S.HI/c19-21(20)8-7-13(11-21)10-17-15(16-9-12-5-6-12)18-14-3-1-2-4-14;/h12-14H,1-11H2,(H2,16,17,18);1H. The molecule has 1 aliphatic heterocycles. The minimum atomic E-state index is -2.79. The second-order valence-electron chi connectivity index (χ2n) is 6.91. The van der Waals surface area contributed by atoms with Crippen LogP contribution in [0.5, 0.6) is 0 Å². The summed E-state index contributed by atoms with van der Waals surface area (Å²) in [6, 6.07) is 0.544. The first-order valence-electron chi connectivity index (χ1n) is 8.36. The monoisotopic (exact) mass is 441 g/mol. The summed E-state index contributed by atoms with van der Waals surface area (Å²) in [4.78, 5) is 4.66. The fourth-order valence-corrected chi connectivity index (χ4v) is 5.06. The van der Waals surface area contributed by atoms with E-state index in [9.17, 15) is 8.42 Å². The summed E-state index contributed by atoms with van der Waals surface area (Å²) >= 11 is 0. The molecule has 0 aromatic carbocycles. The predicted molar refractivity (Wildman–Crippen MR) is 101 cm³/mol. The van der Waals surface area contributed by atoms with E-state index in [0.717, 1.165) is 24.8 Å². The molecular formula is C15H28IN3O2S. The number of nitrogens with one attached hydrogen (secondary N) is 2. The smallest absolute Gasteiger partial charge is 0.191 e. The van der Waals surface area contributed by atoms with Crippen molar-refractivity contribution in [2.75, 3.05) is 24.6 Å². The minimum absolute atomic E-state index is 0. The van der Waals surface area contributed by atoms with E-state index in [2.05, 4.69) is 15.6 Å². The molecule has 1 saturated heterocycles. The highest BCUT2D eigenvalue weighted by molar-refractivity contribution is 14.0. The molecule has 0 radical (unpaired) electrons. The Labute approximate surface area is 151 Å². The van der Waals surface area contributed by atoms with E-state index >= 15 is 0 Å². The molecule has 128 valence electrons. The number of halogens is 1. The number of nitrogens with zero attached hydrogens (tertiary/aromatic N) is 1. The number of guanidine groups is 1. The molecule has 2 aliphatic carbocycles. The Kier molecular flexibility index (Phi) is 6.79. The molecule has 2 N–H and O–H groups in total. The highest BCUT2D eigenvalue weighted by atomic mass is 127. The number of aliphatic imine (C=N–C) groups is 1.